The average molecular weight is 283 g/mol. The van der Waals surface area contributed by atoms with Crippen molar-refractivity contribution < 1.29 is 14.4 Å². The number of nitrogens with zero attached hydrogens (tertiary/aromatic N) is 2. The Hall–Kier alpha value is -1.59. The van der Waals surface area contributed by atoms with Gasteiger partial charge >= 0.3 is 6.03 Å². The fourth-order valence-corrected chi connectivity index (χ4v) is 2.50. The van der Waals surface area contributed by atoms with E-state index in [4.69, 9.17) is 0 Å². The molecular weight excluding hydrogens is 258 g/mol. The van der Waals surface area contributed by atoms with E-state index in [1.165, 1.54) is 4.90 Å². The maximum absolute atomic E-state index is 11.9. The number of rotatable bonds is 6. The van der Waals surface area contributed by atoms with Crippen LogP contribution in [0.1, 0.15) is 27.7 Å². The van der Waals surface area contributed by atoms with E-state index in [1.807, 2.05) is 0 Å². The average Bonchev–Trinajstić information content (AvgIpc) is 2.55. The van der Waals surface area contributed by atoms with Crippen LogP contribution in [0.5, 0.6) is 0 Å². The number of nitrogens with one attached hydrogen (secondary N) is 1. The monoisotopic (exact) mass is 283 g/mol. The smallest absolute Gasteiger partial charge is 0.327 e. The van der Waals surface area contributed by atoms with E-state index in [9.17, 15) is 14.4 Å². The first-order valence-corrected chi connectivity index (χ1v) is 7.06. The Kier molecular flexibility index (Phi) is 5.53. The third kappa shape index (κ3) is 3.95. The van der Waals surface area contributed by atoms with Crippen LogP contribution in [-0.4, -0.2) is 54.3 Å². The van der Waals surface area contributed by atoms with Crippen molar-refractivity contribution in [2.24, 2.45) is 17.8 Å². The fourth-order valence-electron chi connectivity index (χ4n) is 2.50. The number of imide groups is 1. The third-order valence-corrected chi connectivity index (χ3v) is 3.78. The second-order valence-electron chi connectivity index (χ2n) is 6.07. The lowest BCUT2D eigenvalue weighted by Crippen LogP contribution is -2.43. The van der Waals surface area contributed by atoms with E-state index in [0.29, 0.717) is 24.3 Å². The topological polar surface area (TPSA) is 69.7 Å². The molecule has 0 aliphatic carbocycles. The summed E-state index contributed by atoms with van der Waals surface area (Å²) in [5.74, 6) is 0.713. The molecule has 114 valence electrons. The number of hydrogen-bond donors (Lipinski definition) is 1. The molecule has 0 unspecified atom stereocenters. The minimum Gasteiger partial charge on any atom is -0.354 e. The highest BCUT2D eigenvalue weighted by molar-refractivity contribution is 6.04. The van der Waals surface area contributed by atoms with E-state index in [1.54, 1.807) is 7.05 Å². The van der Waals surface area contributed by atoms with Gasteiger partial charge in [0.15, 0.2) is 0 Å². The minimum atomic E-state index is -0.408. The van der Waals surface area contributed by atoms with Crippen LogP contribution in [-0.2, 0) is 9.59 Å². The van der Waals surface area contributed by atoms with Crippen LogP contribution >= 0.6 is 0 Å². The van der Waals surface area contributed by atoms with Crippen LogP contribution in [0.4, 0.5) is 4.79 Å². The van der Waals surface area contributed by atoms with Gasteiger partial charge in [-0.2, -0.15) is 0 Å². The lowest BCUT2D eigenvalue weighted by molar-refractivity contribution is -0.130. The molecule has 0 spiro atoms. The predicted molar refractivity (Wildman–Crippen MR) is 75.9 cm³/mol. The largest absolute Gasteiger partial charge is 0.354 e. The van der Waals surface area contributed by atoms with Crippen LogP contribution in [0.15, 0.2) is 0 Å². The number of likely N-dealkylation sites (N-methyl/N-ethyl adjacent to an activating group) is 1. The summed E-state index contributed by atoms with van der Waals surface area (Å²) in [6.45, 7) is 8.93. The lowest BCUT2D eigenvalue weighted by Gasteiger charge is -2.25. The van der Waals surface area contributed by atoms with Gasteiger partial charge in [-0.15, -0.1) is 0 Å². The Morgan fingerprint density at radius 1 is 1.20 bits per heavy atom. The maximum atomic E-state index is 11.9. The van der Waals surface area contributed by atoms with Gasteiger partial charge in [-0.05, 0) is 17.8 Å². The van der Waals surface area contributed by atoms with E-state index in [2.05, 4.69) is 33.0 Å². The van der Waals surface area contributed by atoms with Crippen LogP contribution in [0.25, 0.3) is 0 Å². The molecule has 1 N–H and O–H groups in total. The SMILES string of the molecule is CC(C)C(CNC(=O)CN1C(=O)CN(C)C1=O)C(C)C. The molecule has 0 saturated carbocycles. The number of carbonyl (C=O) groups excluding carboxylic acids is 3. The van der Waals surface area contributed by atoms with Gasteiger partial charge in [-0.25, -0.2) is 4.79 Å². The van der Waals surface area contributed by atoms with Crippen molar-refractivity contribution in [3.8, 4) is 0 Å². The highest BCUT2D eigenvalue weighted by Gasteiger charge is 2.34. The molecule has 0 aromatic carbocycles. The molecule has 6 heteroatoms. The summed E-state index contributed by atoms with van der Waals surface area (Å²) in [4.78, 5) is 37.4. The molecular formula is C14H25N3O3. The zero-order valence-corrected chi connectivity index (χ0v) is 13.0. The predicted octanol–water partition coefficient (Wildman–Crippen LogP) is 0.925. The van der Waals surface area contributed by atoms with Crippen molar-refractivity contribution in [1.82, 2.24) is 15.1 Å². The van der Waals surface area contributed by atoms with E-state index >= 15 is 0 Å². The Morgan fingerprint density at radius 3 is 2.15 bits per heavy atom. The molecule has 20 heavy (non-hydrogen) atoms. The van der Waals surface area contributed by atoms with Crippen LogP contribution in [0.2, 0.25) is 0 Å². The van der Waals surface area contributed by atoms with E-state index in [0.717, 1.165) is 4.90 Å². The van der Waals surface area contributed by atoms with E-state index in [-0.39, 0.29) is 24.9 Å². The highest BCUT2D eigenvalue weighted by atomic mass is 16.2. The lowest BCUT2D eigenvalue weighted by atomic mass is 9.85. The second kappa shape index (κ2) is 6.72. The molecule has 0 bridgehead atoms. The Morgan fingerprint density at radius 2 is 1.75 bits per heavy atom. The van der Waals surface area contributed by atoms with Gasteiger partial charge in [-0.3, -0.25) is 14.5 Å². The molecule has 1 fully saturated rings. The summed E-state index contributed by atoms with van der Waals surface area (Å²) < 4.78 is 0. The molecule has 6 nitrogen and oxygen atoms in total. The Balaban J connectivity index is 2.48. The van der Waals surface area contributed by atoms with Crippen molar-refractivity contribution in [3.05, 3.63) is 0 Å². The van der Waals surface area contributed by atoms with E-state index < -0.39 is 6.03 Å². The summed E-state index contributed by atoms with van der Waals surface area (Å²) in [5.41, 5.74) is 0. The summed E-state index contributed by atoms with van der Waals surface area (Å²) in [7, 11) is 1.55. The van der Waals surface area contributed by atoms with Crippen LogP contribution in [0.3, 0.4) is 0 Å². The van der Waals surface area contributed by atoms with Crippen molar-refractivity contribution in [3.63, 3.8) is 0 Å². The molecule has 0 atom stereocenters. The molecule has 1 rings (SSSR count). The molecule has 0 aromatic heterocycles. The maximum Gasteiger partial charge on any atom is 0.327 e. The van der Waals surface area contributed by atoms with Gasteiger partial charge < -0.3 is 10.2 Å². The molecule has 1 aliphatic heterocycles. The van der Waals surface area contributed by atoms with Crippen molar-refractivity contribution in [1.29, 1.82) is 0 Å². The zero-order chi connectivity index (χ0) is 15.4. The van der Waals surface area contributed by atoms with Crippen LogP contribution in [0, 0.1) is 17.8 Å². The summed E-state index contributed by atoms with van der Waals surface area (Å²) in [5, 5.41) is 2.82. The third-order valence-electron chi connectivity index (χ3n) is 3.78. The summed E-state index contributed by atoms with van der Waals surface area (Å²) in [6.07, 6.45) is 0. The van der Waals surface area contributed by atoms with Crippen molar-refractivity contribution >= 4 is 17.8 Å². The summed E-state index contributed by atoms with van der Waals surface area (Å²) >= 11 is 0. The summed E-state index contributed by atoms with van der Waals surface area (Å²) in [6, 6.07) is -0.408. The van der Waals surface area contributed by atoms with Gasteiger partial charge in [0.25, 0.3) is 5.91 Å². The van der Waals surface area contributed by atoms with Gasteiger partial charge in [0, 0.05) is 13.6 Å². The Labute approximate surface area is 120 Å². The highest BCUT2D eigenvalue weighted by Crippen LogP contribution is 2.19. The number of urea groups is 1. The zero-order valence-electron chi connectivity index (χ0n) is 13.0. The Bertz CT molecular complexity index is 385. The minimum absolute atomic E-state index is 0.0483. The van der Waals surface area contributed by atoms with Gasteiger partial charge in [-0.1, -0.05) is 27.7 Å². The number of hydrogen-bond acceptors (Lipinski definition) is 3. The molecule has 1 saturated heterocycles. The second-order valence-corrected chi connectivity index (χ2v) is 6.07. The first-order chi connectivity index (χ1) is 9.23. The quantitative estimate of drug-likeness (QED) is 0.737. The molecule has 0 radical (unpaired) electrons. The molecule has 0 aromatic rings. The normalized spacial score (nSPS) is 16.0. The van der Waals surface area contributed by atoms with Crippen LogP contribution < -0.4 is 5.32 Å². The molecule has 4 amide bonds. The number of carbonyl (C=O) groups is 3. The number of amides is 4. The van der Waals surface area contributed by atoms with Gasteiger partial charge in [0.2, 0.25) is 5.91 Å². The van der Waals surface area contributed by atoms with Gasteiger partial charge in [0.05, 0.1) is 0 Å². The molecule has 1 aliphatic rings. The van der Waals surface area contributed by atoms with Gasteiger partial charge in [0.1, 0.15) is 13.1 Å². The van der Waals surface area contributed by atoms with Crippen molar-refractivity contribution in [2.45, 2.75) is 27.7 Å². The first-order valence-electron chi connectivity index (χ1n) is 7.06. The van der Waals surface area contributed by atoms with Crippen molar-refractivity contribution in [2.75, 3.05) is 26.7 Å². The fraction of sp³-hybridized carbons (Fsp3) is 0.786. The molecule has 1 heterocycles. The standard InChI is InChI=1S/C14H25N3O3/c1-9(2)11(10(3)4)6-15-12(18)7-17-13(19)8-16(5)14(17)20/h9-11H,6-8H2,1-5H3,(H,15,18). The first kappa shape index (κ1) is 16.5.